The van der Waals surface area contributed by atoms with Crippen LogP contribution in [0.5, 0.6) is 0 Å². The van der Waals surface area contributed by atoms with E-state index in [4.69, 9.17) is 0 Å². The van der Waals surface area contributed by atoms with Crippen LogP contribution in [0.2, 0.25) is 0 Å². The third-order valence-corrected chi connectivity index (χ3v) is 5.12. The molecule has 0 aromatic heterocycles. The molecule has 126 valence electrons. The third kappa shape index (κ3) is 4.78. The molecule has 3 rings (SSSR count). The second kappa shape index (κ2) is 9.38. The van der Waals surface area contributed by atoms with Crippen LogP contribution in [-0.4, -0.2) is 8.42 Å². The quantitative estimate of drug-likeness (QED) is 0.465. The smallest absolute Gasteiger partial charge is 0.875 e. The fraction of sp³-hybridized carbons (Fsp3) is 0.105. The van der Waals surface area contributed by atoms with Crippen molar-refractivity contribution in [2.45, 2.75) is 18.2 Å². The van der Waals surface area contributed by atoms with Gasteiger partial charge in [-0.25, -0.2) is 20.6 Å². The fourth-order valence-corrected chi connectivity index (χ4v) is 3.60. The molecular weight excluding hydrogens is 364 g/mol. The molecule has 24 heavy (non-hydrogen) atoms. The Bertz CT molecular complexity index is 798. The molecule has 0 heterocycles. The number of sulfone groups is 1. The van der Waals surface area contributed by atoms with Crippen molar-refractivity contribution >= 4 is 9.84 Å². The molecule has 2 aromatic rings. The predicted octanol–water partition coefficient (Wildman–Crippen LogP) is 3.34. The Kier molecular flexibility index (Phi) is 7.86. The molecule has 0 N–H and O–H groups in total. The predicted molar refractivity (Wildman–Crippen MR) is 90.2 cm³/mol. The first-order chi connectivity index (χ1) is 11.1. The topological polar surface area (TPSA) is 57.2 Å². The summed E-state index contributed by atoms with van der Waals surface area (Å²) in [4.78, 5) is 0.307. The second-order valence-electron chi connectivity index (χ2n) is 4.86. The van der Waals surface area contributed by atoms with Gasteiger partial charge in [0.1, 0.15) is 0 Å². The average molecular weight is 382 g/mol. The van der Waals surface area contributed by atoms with Crippen molar-refractivity contribution in [2.24, 2.45) is 0 Å². The number of hydrogen-bond donors (Lipinski definition) is 0. The van der Waals surface area contributed by atoms with Gasteiger partial charge in [0.2, 0.25) is 9.84 Å². The van der Waals surface area contributed by atoms with Crippen LogP contribution in [0.4, 0.5) is 0 Å². The summed E-state index contributed by atoms with van der Waals surface area (Å²) in [5, 5.41) is 11.7. The maximum atomic E-state index is 12.4. The van der Waals surface area contributed by atoms with Gasteiger partial charge in [0, 0.05) is 0 Å². The van der Waals surface area contributed by atoms with Crippen molar-refractivity contribution in [1.29, 1.82) is 0 Å². The SMILES string of the molecule is CCC([O-])=C1C=CC=C1S(=O)(=O)c1ccccc1.[Fe+2].c1cc[cH-]c1. The molecule has 0 amide bonds. The monoisotopic (exact) mass is 382 g/mol. The van der Waals surface area contributed by atoms with Crippen LogP contribution in [0.3, 0.4) is 0 Å². The molecular formula is C19H18FeO3S. The molecule has 0 fully saturated rings. The van der Waals surface area contributed by atoms with E-state index in [0.717, 1.165) is 0 Å². The summed E-state index contributed by atoms with van der Waals surface area (Å²) in [6, 6.07) is 18.1. The Morgan fingerprint density at radius 2 is 1.71 bits per heavy atom. The van der Waals surface area contributed by atoms with Crippen molar-refractivity contribution in [3.63, 3.8) is 0 Å². The maximum Gasteiger partial charge on any atom is 2.00 e. The molecule has 0 saturated carbocycles. The van der Waals surface area contributed by atoms with Gasteiger partial charge >= 0.3 is 17.1 Å². The van der Waals surface area contributed by atoms with Crippen molar-refractivity contribution in [3.05, 3.63) is 95.1 Å². The Morgan fingerprint density at radius 1 is 1.08 bits per heavy atom. The second-order valence-corrected chi connectivity index (χ2v) is 6.78. The minimum atomic E-state index is -3.60. The van der Waals surface area contributed by atoms with Crippen molar-refractivity contribution < 1.29 is 30.6 Å². The van der Waals surface area contributed by atoms with Crippen LogP contribution in [0.1, 0.15) is 13.3 Å². The fourth-order valence-electron chi connectivity index (χ4n) is 2.11. The van der Waals surface area contributed by atoms with E-state index in [1.807, 2.05) is 30.3 Å². The summed E-state index contributed by atoms with van der Waals surface area (Å²) in [5.41, 5.74) is 0.279. The van der Waals surface area contributed by atoms with Crippen LogP contribution in [-0.2, 0) is 26.9 Å². The van der Waals surface area contributed by atoms with Crippen LogP contribution < -0.4 is 5.11 Å². The van der Waals surface area contributed by atoms with Crippen molar-refractivity contribution in [3.8, 4) is 0 Å². The number of rotatable bonds is 3. The molecule has 0 aliphatic heterocycles. The number of benzene rings is 1. The molecule has 0 saturated heterocycles. The summed E-state index contributed by atoms with van der Waals surface area (Å²) in [6.45, 7) is 1.72. The van der Waals surface area contributed by atoms with Gasteiger partial charge in [-0.05, 0) is 30.2 Å². The van der Waals surface area contributed by atoms with Gasteiger partial charge in [0.05, 0.1) is 9.80 Å². The minimum Gasteiger partial charge on any atom is -0.875 e. The normalized spacial score (nSPS) is 15.0. The van der Waals surface area contributed by atoms with E-state index in [1.165, 1.54) is 18.2 Å². The van der Waals surface area contributed by atoms with E-state index in [2.05, 4.69) is 0 Å². The van der Waals surface area contributed by atoms with Gasteiger partial charge in [-0.3, -0.25) is 0 Å². The zero-order valence-electron chi connectivity index (χ0n) is 13.2. The van der Waals surface area contributed by atoms with Crippen LogP contribution >= 0.6 is 0 Å². The maximum absolute atomic E-state index is 12.4. The van der Waals surface area contributed by atoms with E-state index in [0.29, 0.717) is 6.42 Å². The Labute approximate surface area is 153 Å². The zero-order chi connectivity index (χ0) is 16.7. The van der Waals surface area contributed by atoms with Crippen molar-refractivity contribution in [1.82, 2.24) is 0 Å². The number of allylic oxidation sites excluding steroid dienone is 5. The molecule has 0 bridgehead atoms. The summed E-state index contributed by atoms with van der Waals surface area (Å²) < 4.78 is 24.8. The first kappa shape index (κ1) is 20.1. The summed E-state index contributed by atoms with van der Waals surface area (Å²) in [7, 11) is -3.60. The van der Waals surface area contributed by atoms with Crippen LogP contribution in [0.15, 0.2) is 100 Å². The van der Waals surface area contributed by atoms with Crippen LogP contribution in [0, 0.1) is 0 Å². The molecule has 3 nitrogen and oxygen atoms in total. The first-order valence-corrected chi connectivity index (χ1v) is 8.81. The largest absolute Gasteiger partial charge is 2.00 e. The molecule has 1 aliphatic rings. The molecule has 0 radical (unpaired) electrons. The molecule has 0 spiro atoms. The Hall–Kier alpha value is -1.94. The third-order valence-electron chi connectivity index (χ3n) is 3.30. The summed E-state index contributed by atoms with van der Waals surface area (Å²) >= 11 is 0. The Morgan fingerprint density at radius 3 is 2.21 bits per heavy atom. The standard InChI is InChI=1S/C14H14O3S.C5H5.Fe/c1-2-13(15)12-9-6-10-14(12)18(16,17)11-7-4-3-5-8-11;1-2-4-5-3-1;/h3-10,15H,2H2,1H3;1-5H;/q;-1;+2/p-1. The number of hydrogen-bond acceptors (Lipinski definition) is 3. The zero-order valence-corrected chi connectivity index (χ0v) is 15.1. The van der Waals surface area contributed by atoms with E-state index in [1.54, 1.807) is 37.3 Å². The molecule has 5 heteroatoms. The van der Waals surface area contributed by atoms with E-state index < -0.39 is 9.84 Å². The molecule has 2 aromatic carbocycles. The van der Waals surface area contributed by atoms with E-state index in [9.17, 15) is 13.5 Å². The van der Waals surface area contributed by atoms with Crippen LogP contribution in [0.25, 0.3) is 0 Å². The minimum absolute atomic E-state index is 0. The molecule has 0 atom stereocenters. The van der Waals surface area contributed by atoms with Gasteiger partial charge in [0.15, 0.2) is 0 Å². The van der Waals surface area contributed by atoms with Gasteiger partial charge < -0.3 is 5.11 Å². The first-order valence-electron chi connectivity index (χ1n) is 7.33. The summed E-state index contributed by atoms with van der Waals surface area (Å²) in [6.07, 6.45) is 4.92. The summed E-state index contributed by atoms with van der Waals surface area (Å²) in [5.74, 6) is -0.158. The van der Waals surface area contributed by atoms with Gasteiger partial charge in [-0.2, -0.15) is 18.2 Å². The average Bonchev–Trinajstić information content (AvgIpc) is 3.29. The molecule has 0 unspecified atom stereocenters. The van der Waals surface area contributed by atoms with Gasteiger partial charge in [0.25, 0.3) is 0 Å². The Balaban J connectivity index is 0.000000412. The van der Waals surface area contributed by atoms with Gasteiger partial charge in [-0.1, -0.05) is 37.3 Å². The van der Waals surface area contributed by atoms with E-state index in [-0.39, 0.29) is 38.2 Å². The van der Waals surface area contributed by atoms with E-state index >= 15 is 0 Å². The van der Waals surface area contributed by atoms with Gasteiger partial charge in [-0.15, -0.1) is 5.76 Å². The van der Waals surface area contributed by atoms with Crippen molar-refractivity contribution in [2.75, 3.05) is 0 Å². The molecule has 1 aliphatic carbocycles.